The van der Waals surface area contributed by atoms with Gasteiger partial charge in [-0.15, -0.1) is 5.10 Å². The maximum absolute atomic E-state index is 11.8. The van der Waals surface area contributed by atoms with Crippen LogP contribution in [0, 0.1) is 5.92 Å². The van der Waals surface area contributed by atoms with Gasteiger partial charge in [0.15, 0.2) is 5.78 Å². The molecule has 20 heavy (non-hydrogen) atoms. The van der Waals surface area contributed by atoms with Crippen LogP contribution in [0.25, 0.3) is 0 Å². The minimum atomic E-state index is -0.455. The lowest BCUT2D eigenvalue weighted by molar-refractivity contribution is -0.126. The van der Waals surface area contributed by atoms with Crippen LogP contribution in [0.1, 0.15) is 20.8 Å². The molecule has 0 aromatic carbocycles. The van der Waals surface area contributed by atoms with Gasteiger partial charge < -0.3 is 11.1 Å². The maximum Gasteiger partial charge on any atom is 0.231 e. The van der Waals surface area contributed by atoms with Crippen LogP contribution in [0.15, 0.2) is 5.16 Å². The summed E-state index contributed by atoms with van der Waals surface area (Å²) in [5.74, 6) is -0.0527. The molecule has 0 aliphatic heterocycles. The first-order valence-corrected chi connectivity index (χ1v) is 7.33. The van der Waals surface area contributed by atoms with Crippen molar-refractivity contribution in [1.82, 2.24) is 25.5 Å². The first kappa shape index (κ1) is 16.6. The number of nitrogens with zero attached hydrogens (tertiary/aromatic N) is 4. The molecule has 0 saturated carbocycles. The summed E-state index contributed by atoms with van der Waals surface area (Å²) < 4.78 is 1.54. The number of ketones is 1. The molecule has 1 unspecified atom stereocenters. The van der Waals surface area contributed by atoms with Gasteiger partial charge in [0.2, 0.25) is 11.1 Å². The Morgan fingerprint density at radius 1 is 1.45 bits per heavy atom. The molecule has 1 aromatic rings. The zero-order valence-corrected chi connectivity index (χ0v) is 12.7. The smallest absolute Gasteiger partial charge is 0.231 e. The predicted octanol–water partition coefficient (Wildman–Crippen LogP) is -0.546. The highest BCUT2D eigenvalue weighted by Crippen LogP contribution is 2.13. The summed E-state index contributed by atoms with van der Waals surface area (Å²) in [6.45, 7) is 6.17. The van der Waals surface area contributed by atoms with Crippen LogP contribution in [0.4, 0.5) is 0 Å². The largest absolute Gasteiger partial charge is 0.345 e. The van der Waals surface area contributed by atoms with E-state index < -0.39 is 6.04 Å². The summed E-state index contributed by atoms with van der Waals surface area (Å²) in [5.41, 5.74) is 5.43. The lowest BCUT2D eigenvalue weighted by Crippen LogP contribution is -2.44. The summed E-state index contributed by atoms with van der Waals surface area (Å²) >= 11 is 1.22. The minimum Gasteiger partial charge on any atom is -0.345 e. The standard InChI is InChI=1S/C11H20N6O2S/c1-7(2)10(8(3)18)13-9(19)6-20-11-14-15-16-17(11)5-4-12/h7,10H,4-6,12H2,1-3H3,(H,13,19). The van der Waals surface area contributed by atoms with Crippen molar-refractivity contribution < 1.29 is 9.59 Å². The molecule has 0 bridgehead atoms. The van der Waals surface area contributed by atoms with Crippen LogP contribution in [0.2, 0.25) is 0 Å². The molecule has 3 N–H and O–H groups in total. The second-order valence-corrected chi connectivity index (χ2v) is 5.60. The fraction of sp³-hybridized carbons (Fsp3) is 0.727. The number of thioether (sulfide) groups is 1. The fourth-order valence-electron chi connectivity index (χ4n) is 1.65. The number of aromatic nitrogens is 4. The third-order valence-corrected chi connectivity index (χ3v) is 3.55. The number of hydrogen-bond donors (Lipinski definition) is 2. The van der Waals surface area contributed by atoms with Crippen molar-refractivity contribution in [2.75, 3.05) is 12.3 Å². The predicted molar refractivity (Wildman–Crippen MR) is 75.0 cm³/mol. The number of carbonyl (C=O) groups is 2. The van der Waals surface area contributed by atoms with Crippen LogP contribution in [-0.4, -0.2) is 50.2 Å². The van der Waals surface area contributed by atoms with Crippen molar-refractivity contribution in [2.45, 2.75) is 38.5 Å². The normalized spacial score (nSPS) is 12.4. The Bertz CT molecular complexity index is 462. The molecule has 8 nitrogen and oxygen atoms in total. The van der Waals surface area contributed by atoms with Gasteiger partial charge in [-0.2, -0.15) is 0 Å². The summed E-state index contributed by atoms with van der Waals surface area (Å²) in [6, 6.07) is -0.455. The topological polar surface area (TPSA) is 116 Å². The maximum atomic E-state index is 11.8. The van der Waals surface area contributed by atoms with Crippen molar-refractivity contribution in [2.24, 2.45) is 11.7 Å². The van der Waals surface area contributed by atoms with Crippen molar-refractivity contribution in [3.63, 3.8) is 0 Å². The van der Waals surface area contributed by atoms with Gasteiger partial charge >= 0.3 is 0 Å². The first-order chi connectivity index (χ1) is 9.45. The van der Waals surface area contributed by atoms with E-state index in [1.165, 1.54) is 18.7 Å². The van der Waals surface area contributed by atoms with Gasteiger partial charge in [0.1, 0.15) is 0 Å². The van der Waals surface area contributed by atoms with Gasteiger partial charge in [0.05, 0.1) is 18.3 Å². The van der Waals surface area contributed by atoms with E-state index in [0.717, 1.165) is 0 Å². The minimum absolute atomic E-state index is 0.0497. The van der Waals surface area contributed by atoms with Gasteiger partial charge in [-0.05, 0) is 23.3 Å². The summed E-state index contributed by atoms with van der Waals surface area (Å²) in [5, 5.41) is 14.4. The summed E-state index contributed by atoms with van der Waals surface area (Å²) in [6.07, 6.45) is 0. The van der Waals surface area contributed by atoms with Gasteiger partial charge in [0.25, 0.3) is 0 Å². The molecule has 1 atom stereocenters. The number of amides is 1. The Morgan fingerprint density at radius 2 is 2.15 bits per heavy atom. The Labute approximate surface area is 121 Å². The third-order valence-electron chi connectivity index (χ3n) is 2.59. The molecular weight excluding hydrogens is 280 g/mol. The van der Waals surface area contributed by atoms with Crippen molar-refractivity contribution in [3.8, 4) is 0 Å². The van der Waals surface area contributed by atoms with Crippen LogP contribution in [-0.2, 0) is 16.1 Å². The van der Waals surface area contributed by atoms with E-state index in [9.17, 15) is 9.59 Å². The van der Waals surface area contributed by atoms with Gasteiger partial charge in [-0.1, -0.05) is 25.6 Å². The van der Waals surface area contributed by atoms with Crippen LogP contribution in [0.3, 0.4) is 0 Å². The van der Waals surface area contributed by atoms with E-state index in [1.54, 1.807) is 4.68 Å². The van der Waals surface area contributed by atoms with E-state index in [2.05, 4.69) is 20.8 Å². The molecule has 0 fully saturated rings. The van der Waals surface area contributed by atoms with Crippen LogP contribution >= 0.6 is 11.8 Å². The van der Waals surface area contributed by atoms with Gasteiger partial charge in [0, 0.05) is 6.54 Å². The number of tetrazole rings is 1. The second-order valence-electron chi connectivity index (χ2n) is 4.66. The number of nitrogens with two attached hydrogens (primary N) is 1. The third kappa shape index (κ3) is 4.89. The molecule has 112 valence electrons. The van der Waals surface area contributed by atoms with Gasteiger partial charge in [-0.3, -0.25) is 9.59 Å². The van der Waals surface area contributed by atoms with Crippen LogP contribution < -0.4 is 11.1 Å². The molecule has 0 spiro atoms. The van der Waals surface area contributed by atoms with Crippen molar-refractivity contribution in [3.05, 3.63) is 0 Å². The summed E-state index contributed by atoms with van der Waals surface area (Å²) in [4.78, 5) is 23.3. The molecule has 1 rings (SSSR count). The van der Waals surface area contributed by atoms with Crippen LogP contribution in [0.5, 0.6) is 0 Å². The average Bonchev–Trinajstić information content (AvgIpc) is 2.80. The van der Waals surface area contributed by atoms with Gasteiger partial charge in [-0.25, -0.2) is 4.68 Å². The highest BCUT2D eigenvalue weighted by atomic mass is 32.2. The number of hydrogen-bond acceptors (Lipinski definition) is 7. The Morgan fingerprint density at radius 3 is 2.70 bits per heavy atom. The zero-order valence-electron chi connectivity index (χ0n) is 11.9. The SMILES string of the molecule is CC(=O)C(NC(=O)CSc1nnnn1CCN)C(C)C. The van der Waals surface area contributed by atoms with Crippen molar-refractivity contribution in [1.29, 1.82) is 0 Å². The van der Waals surface area contributed by atoms with E-state index in [1.807, 2.05) is 13.8 Å². The van der Waals surface area contributed by atoms with Crippen molar-refractivity contribution >= 4 is 23.5 Å². The first-order valence-electron chi connectivity index (χ1n) is 6.34. The Hall–Kier alpha value is -1.48. The Balaban J connectivity index is 2.50. The molecule has 0 saturated heterocycles. The molecule has 0 radical (unpaired) electrons. The average molecular weight is 300 g/mol. The molecule has 1 aromatic heterocycles. The van der Waals surface area contributed by atoms with E-state index in [-0.39, 0.29) is 23.4 Å². The molecular formula is C11H20N6O2S. The number of carbonyl (C=O) groups excluding carboxylic acids is 2. The second kappa shape index (κ2) is 7.95. The van der Waals surface area contributed by atoms with E-state index in [4.69, 9.17) is 5.73 Å². The number of Topliss-reactive ketones (excluding diaryl/α,β-unsaturated/α-hetero) is 1. The fourth-order valence-corrected chi connectivity index (χ4v) is 2.36. The lowest BCUT2D eigenvalue weighted by Gasteiger charge is -2.19. The Kier molecular flexibility index (Phi) is 6.59. The highest BCUT2D eigenvalue weighted by Gasteiger charge is 2.20. The molecule has 9 heteroatoms. The monoisotopic (exact) mass is 300 g/mol. The lowest BCUT2D eigenvalue weighted by atomic mass is 10.0. The summed E-state index contributed by atoms with van der Waals surface area (Å²) in [7, 11) is 0. The molecule has 0 aliphatic rings. The van der Waals surface area contributed by atoms with E-state index in [0.29, 0.717) is 18.2 Å². The highest BCUT2D eigenvalue weighted by molar-refractivity contribution is 7.99. The molecule has 0 aliphatic carbocycles. The zero-order chi connectivity index (χ0) is 15.1. The van der Waals surface area contributed by atoms with E-state index >= 15 is 0 Å². The quantitative estimate of drug-likeness (QED) is 0.619. The molecule has 1 amide bonds. The molecule has 1 heterocycles. The number of rotatable bonds is 8. The number of nitrogens with one attached hydrogen (secondary N) is 1.